The van der Waals surface area contributed by atoms with Gasteiger partial charge < -0.3 is 10.6 Å². The number of nitrogens with one attached hydrogen (secondary N) is 2. The van der Waals surface area contributed by atoms with Crippen molar-refractivity contribution in [2.24, 2.45) is 0 Å². The lowest BCUT2D eigenvalue weighted by atomic mass is 10.0. The normalized spacial score (nSPS) is 17.4. The fourth-order valence-corrected chi connectivity index (χ4v) is 2.25. The van der Waals surface area contributed by atoms with E-state index in [1.165, 1.54) is 5.56 Å². The highest BCUT2D eigenvalue weighted by molar-refractivity contribution is 5.81. The number of amides is 2. The van der Waals surface area contributed by atoms with Crippen molar-refractivity contribution >= 4 is 11.8 Å². The number of rotatable bonds is 5. The van der Waals surface area contributed by atoms with Crippen LogP contribution in [0.5, 0.6) is 0 Å². The highest BCUT2D eigenvalue weighted by Crippen LogP contribution is 2.12. The lowest BCUT2D eigenvalue weighted by molar-refractivity contribution is -0.126. The summed E-state index contributed by atoms with van der Waals surface area (Å²) in [5.74, 6) is 0.244. The molecule has 20 heavy (non-hydrogen) atoms. The van der Waals surface area contributed by atoms with Crippen LogP contribution in [0.25, 0.3) is 0 Å². The third-order valence-electron chi connectivity index (χ3n) is 3.46. The Balaban J connectivity index is 1.73. The molecule has 5 nitrogen and oxygen atoms in total. The molecule has 108 valence electrons. The molecule has 1 aromatic rings. The zero-order chi connectivity index (χ0) is 14.4. The molecule has 1 atom stereocenters. The number of carbonyl (C=O) groups excluding carboxylic acids is 2. The third kappa shape index (κ3) is 4.35. The van der Waals surface area contributed by atoms with Crippen LogP contribution in [-0.2, 0) is 9.59 Å². The fourth-order valence-electron chi connectivity index (χ4n) is 2.25. The van der Waals surface area contributed by atoms with Crippen LogP contribution in [0.4, 0.5) is 0 Å². The van der Waals surface area contributed by atoms with Gasteiger partial charge in [-0.25, -0.2) is 0 Å². The number of hydrogen-bond acceptors (Lipinski definition) is 3. The molecular formula is C15H21N3O2. The van der Waals surface area contributed by atoms with Crippen LogP contribution in [0.3, 0.4) is 0 Å². The van der Waals surface area contributed by atoms with E-state index in [-0.39, 0.29) is 24.3 Å². The first kappa shape index (κ1) is 14.5. The van der Waals surface area contributed by atoms with E-state index < -0.39 is 0 Å². The zero-order valence-corrected chi connectivity index (χ0v) is 11.8. The summed E-state index contributed by atoms with van der Waals surface area (Å²) in [5.41, 5.74) is 1.21. The Labute approximate surface area is 119 Å². The Kier molecular flexibility index (Phi) is 5.12. The van der Waals surface area contributed by atoms with E-state index >= 15 is 0 Å². The molecular weight excluding hydrogens is 254 g/mol. The second-order valence-corrected chi connectivity index (χ2v) is 5.18. The lowest BCUT2D eigenvalue weighted by Crippen LogP contribution is -2.50. The monoisotopic (exact) mass is 275 g/mol. The van der Waals surface area contributed by atoms with Crippen molar-refractivity contribution in [2.45, 2.75) is 12.8 Å². The van der Waals surface area contributed by atoms with Crippen LogP contribution in [0, 0.1) is 0 Å². The van der Waals surface area contributed by atoms with Crippen molar-refractivity contribution in [1.29, 1.82) is 0 Å². The molecule has 1 heterocycles. The van der Waals surface area contributed by atoms with Crippen molar-refractivity contribution in [3.8, 4) is 0 Å². The summed E-state index contributed by atoms with van der Waals surface area (Å²) in [6.07, 6.45) is 0. The topological polar surface area (TPSA) is 61.4 Å². The highest BCUT2D eigenvalue weighted by atomic mass is 16.2. The molecule has 1 aliphatic heterocycles. The fraction of sp³-hybridized carbons (Fsp3) is 0.467. The Morgan fingerprint density at radius 1 is 1.40 bits per heavy atom. The molecule has 0 unspecified atom stereocenters. The minimum absolute atomic E-state index is 0.0123. The predicted molar refractivity (Wildman–Crippen MR) is 77.3 cm³/mol. The van der Waals surface area contributed by atoms with E-state index in [4.69, 9.17) is 0 Å². The largest absolute Gasteiger partial charge is 0.354 e. The van der Waals surface area contributed by atoms with E-state index in [0.29, 0.717) is 19.6 Å². The van der Waals surface area contributed by atoms with Gasteiger partial charge in [0.25, 0.3) is 0 Å². The van der Waals surface area contributed by atoms with E-state index in [1.807, 2.05) is 23.1 Å². The first-order valence-electron chi connectivity index (χ1n) is 6.96. The number of carbonyl (C=O) groups is 2. The minimum Gasteiger partial charge on any atom is -0.354 e. The molecule has 2 N–H and O–H groups in total. The van der Waals surface area contributed by atoms with Gasteiger partial charge in [0.05, 0.1) is 13.1 Å². The van der Waals surface area contributed by atoms with Gasteiger partial charge in [0.2, 0.25) is 11.8 Å². The molecule has 1 aromatic carbocycles. The standard InChI is InChI=1S/C15H21N3O2/c1-12(13-5-3-2-4-6-13)9-17-15(20)11-18-8-7-16-14(19)10-18/h2-6,12H,7-11H2,1H3,(H,16,19)(H,17,20)/t12-/m1/s1. The van der Waals surface area contributed by atoms with Crippen molar-refractivity contribution in [3.05, 3.63) is 35.9 Å². The Morgan fingerprint density at radius 2 is 2.15 bits per heavy atom. The van der Waals surface area contributed by atoms with Gasteiger partial charge in [-0.15, -0.1) is 0 Å². The maximum atomic E-state index is 11.9. The van der Waals surface area contributed by atoms with Gasteiger partial charge in [-0.1, -0.05) is 37.3 Å². The summed E-state index contributed by atoms with van der Waals surface area (Å²) in [5, 5.41) is 5.68. The van der Waals surface area contributed by atoms with Gasteiger partial charge in [0.15, 0.2) is 0 Å². The zero-order valence-electron chi connectivity index (χ0n) is 11.8. The number of piperazine rings is 1. The maximum absolute atomic E-state index is 11.9. The Morgan fingerprint density at radius 3 is 2.85 bits per heavy atom. The van der Waals surface area contributed by atoms with Crippen LogP contribution >= 0.6 is 0 Å². The SMILES string of the molecule is C[C@H](CNC(=O)CN1CCNC(=O)C1)c1ccccc1. The first-order chi connectivity index (χ1) is 9.65. The predicted octanol–water partition coefficient (Wildman–Crippen LogP) is 0.338. The molecule has 0 aromatic heterocycles. The van der Waals surface area contributed by atoms with Crippen LogP contribution in [-0.4, -0.2) is 49.4 Å². The van der Waals surface area contributed by atoms with Crippen LogP contribution in [0.1, 0.15) is 18.4 Å². The smallest absolute Gasteiger partial charge is 0.234 e. The molecule has 2 amide bonds. The second kappa shape index (κ2) is 7.05. The van der Waals surface area contributed by atoms with Crippen molar-refractivity contribution in [2.75, 3.05) is 32.7 Å². The number of hydrogen-bond donors (Lipinski definition) is 2. The third-order valence-corrected chi connectivity index (χ3v) is 3.46. The average molecular weight is 275 g/mol. The summed E-state index contributed by atoms with van der Waals surface area (Å²) in [6, 6.07) is 10.1. The molecule has 0 bridgehead atoms. The lowest BCUT2D eigenvalue weighted by Gasteiger charge is -2.26. The van der Waals surface area contributed by atoms with Crippen molar-refractivity contribution < 1.29 is 9.59 Å². The van der Waals surface area contributed by atoms with Gasteiger partial charge in [0.1, 0.15) is 0 Å². The van der Waals surface area contributed by atoms with Gasteiger partial charge in [-0.2, -0.15) is 0 Å². The highest BCUT2D eigenvalue weighted by Gasteiger charge is 2.18. The van der Waals surface area contributed by atoms with Crippen LogP contribution in [0.2, 0.25) is 0 Å². The van der Waals surface area contributed by atoms with Crippen molar-refractivity contribution in [3.63, 3.8) is 0 Å². The van der Waals surface area contributed by atoms with E-state index in [0.717, 1.165) is 6.54 Å². The van der Waals surface area contributed by atoms with E-state index in [9.17, 15) is 9.59 Å². The van der Waals surface area contributed by atoms with Gasteiger partial charge >= 0.3 is 0 Å². The molecule has 0 spiro atoms. The summed E-state index contributed by atoms with van der Waals surface area (Å²) in [6.45, 7) is 4.64. The minimum atomic E-state index is -0.0255. The van der Waals surface area contributed by atoms with Crippen LogP contribution in [0.15, 0.2) is 30.3 Å². The molecule has 1 saturated heterocycles. The second-order valence-electron chi connectivity index (χ2n) is 5.18. The van der Waals surface area contributed by atoms with E-state index in [1.54, 1.807) is 0 Å². The Hall–Kier alpha value is -1.88. The first-order valence-corrected chi connectivity index (χ1v) is 6.96. The quantitative estimate of drug-likeness (QED) is 0.814. The van der Waals surface area contributed by atoms with Crippen LogP contribution < -0.4 is 10.6 Å². The molecule has 1 aliphatic rings. The molecule has 0 radical (unpaired) electrons. The van der Waals surface area contributed by atoms with E-state index in [2.05, 4.69) is 29.7 Å². The van der Waals surface area contributed by atoms with Gasteiger partial charge in [-0.05, 0) is 11.5 Å². The number of benzene rings is 1. The molecule has 2 rings (SSSR count). The molecule has 0 aliphatic carbocycles. The molecule has 0 saturated carbocycles. The summed E-state index contributed by atoms with van der Waals surface area (Å²) < 4.78 is 0. The Bertz CT molecular complexity index is 461. The summed E-state index contributed by atoms with van der Waals surface area (Å²) >= 11 is 0. The van der Waals surface area contributed by atoms with Gasteiger partial charge in [0, 0.05) is 19.6 Å². The summed E-state index contributed by atoms with van der Waals surface area (Å²) in [7, 11) is 0. The average Bonchev–Trinajstić information content (AvgIpc) is 2.46. The molecule has 1 fully saturated rings. The summed E-state index contributed by atoms with van der Waals surface area (Å²) in [4.78, 5) is 25.0. The number of nitrogens with zero attached hydrogens (tertiary/aromatic N) is 1. The molecule has 5 heteroatoms. The van der Waals surface area contributed by atoms with Crippen molar-refractivity contribution in [1.82, 2.24) is 15.5 Å². The maximum Gasteiger partial charge on any atom is 0.234 e. The van der Waals surface area contributed by atoms with Gasteiger partial charge in [-0.3, -0.25) is 14.5 Å².